The fourth-order valence-corrected chi connectivity index (χ4v) is 8.48. The van der Waals surface area contributed by atoms with Crippen LogP contribution in [0, 0.1) is 0 Å². The van der Waals surface area contributed by atoms with Crippen LogP contribution in [0.1, 0.15) is 51.4 Å². The van der Waals surface area contributed by atoms with Crippen LogP contribution in [-0.4, -0.2) is 79.9 Å². The number of hydrogen-bond acceptors (Lipinski definition) is 6. The Bertz CT molecular complexity index is 1020. The number of fused-ring (bicyclic) bond motifs is 8. The summed E-state index contributed by atoms with van der Waals surface area (Å²) in [6.07, 6.45) is 12.1. The van der Waals surface area contributed by atoms with Gasteiger partial charge in [0.1, 0.15) is 5.60 Å². The Morgan fingerprint density at radius 1 is 1.19 bits per heavy atom. The second-order valence-electron chi connectivity index (χ2n) is 10.6. The highest BCUT2D eigenvalue weighted by molar-refractivity contribution is 5.89. The molecule has 0 amide bonds. The minimum absolute atomic E-state index is 0.0598. The second-order valence-corrected chi connectivity index (χ2v) is 10.6. The van der Waals surface area contributed by atoms with Gasteiger partial charge in [0.2, 0.25) is 0 Å². The number of esters is 1. The van der Waals surface area contributed by atoms with Gasteiger partial charge in [0, 0.05) is 36.6 Å². The van der Waals surface area contributed by atoms with E-state index < -0.39 is 17.2 Å². The summed E-state index contributed by atoms with van der Waals surface area (Å²) in [6.45, 7) is 1.93. The molecule has 0 radical (unpaired) electrons. The van der Waals surface area contributed by atoms with E-state index in [0.717, 1.165) is 56.3 Å². The quantitative estimate of drug-likeness (QED) is 0.525. The van der Waals surface area contributed by atoms with Crippen LogP contribution in [0.15, 0.2) is 34.9 Å². The van der Waals surface area contributed by atoms with E-state index in [0.29, 0.717) is 18.4 Å². The third-order valence-corrected chi connectivity index (χ3v) is 9.42. The number of aliphatic hydroxyl groups is 1. The maximum atomic E-state index is 12.6. The SMILES string of the molecule is O=C(O)CC1=CC[C@]2(C3=C[C@@H]4C[C@@]5(OC(=O)C=C35)[C@H]3CCCN43)C[C@]1(O)[C@H]1CCCN12. The Balaban J connectivity index is 1.39. The Kier molecular flexibility index (Phi) is 3.41. The van der Waals surface area contributed by atoms with E-state index in [-0.39, 0.29) is 36.1 Å². The van der Waals surface area contributed by atoms with Crippen LogP contribution in [0.25, 0.3) is 0 Å². The smallest absolute Gasteiger partial charge is 0.332 e. The van der Waals surface area contributed by atoms with E-state index >= 15 is 0 Å². The summed E-state index contributed by atoms with van der Waals surface area (Å²) in [4.78, 5) is 29.1. The molecule has 0 aromatic heterocycles. The van der Waals surface area contributed by atoms with Crippen LogP contribution in [0.2, 0.25) is 0 Å². The average molecular weight is 424 g/mol. The van der Waals surface area contributed by atoms with Crippen LogP contribution in [0.3, 0.4) is 0 Å². The van der Waals surface area contributed by atoms with E-state index in [4.69, 9.17) is 4.74 Å². The third-order valence-electron chi connectivity index (χ3n) is 9.42. The molecular weight excluding hydrogens is 396 g/mol. The zero-order valence-corrected chi connectivity index (χ0v) is 17.5. The first-order chi connectivity index (χ1) is 14.9. The molecule has 7 nitrogen and oxygen atoms in total. The minimum Gasteiger partial charge on any atom is -0.481 e. The van der Waals surface area contributed by atoms with Crippen LogP contribution in [0.4, 0.5) is 0 Å². The topological polar surface area (TPSA) is 90.3 Å². The van der Waals surface area contributed by atoms with E-state index in [9.17, 15) is 19.8 Å². The van der Waals surface area contributed by atoms with Gasteiger partial charge in [0.25, 0.3) is 0 Å². The molecule has 5 aliphatic heterocycles. The summed E-state index contributed by atoms with van der Waals surface area (Å²) >= 11 is 0. The summed E-state index contributed by atoms with van der Waals surface area (Å²) in [5.41, 5.74) is 0.815. The van der Waals surface area contributed by atoms with Crippen LogP contribution in [-0.2, 0) is 14.3 Å². The molecule has 0 aromatic carbocycles. The fourth-order valence-electron chi connectivity index (χ4n) is 8.48. The zero-order valence-electron chi connectivity index (χ0n) is 17.5. The molecule has 4 fully saturated rings. The third kappa shape index (κ3) is 2.06. The lowest BCUT2D eigenvalue weighted by molar-refractivity contribution is -0.147. The van der Waals surface area contributed by atoms with Crippen molar-refractivity contribution in [3.05, 3.63) is 34.9 Å². The number of ether oxygens (including phenoxy) is 1. The molecule has 7 heteroatoms. The lowest BCUT2D eigenvalue weighted by Gasteiger charge is -2.46. The van der Waals surface area contributed by atoms with Crippen molar-refractivity contribution in [2.75, 3.05) is 13.1 Å². The van der Waals surface area contributed by atoms with Crippen molar-refractivity contribution in [1.29, 1.82) is 0 Å². The number of nitrogens with zero attached hydrogens (tertiary/aromatic N) is 2. The zero-order chi connectivity index (χ0) is 21.2. The highest BCUT2D eigenvalue weighted by Gasteiger charge is 2.69. The molecule has 1 spiro atoms. The number of carboxylic acids is 1. The van der Waals surface area contributed by atoms with Gasteiger partial charge in [-0.3, -0.25) is 14.6 Å². The highest BCUT2D eigenvalue weighted by Crippen LogP contribution is 2.63. The summed E-state index contributed by atoms with van der Waals surface area (Å²) in [6, 6.07) is 0.450. The van der Waals surface area contributed by atoms with Crippen molar-refractivity contribution in [3.8, 4) is 0 Å². The van der Waals surface area contributed by atoms with E-state index in [1.54, 1.807) is 6.08 Å². The molecule has 5 heterocycles. The van der Waals surface area contributed by atoms with Gasteiger partial charge in [-0.1, -0.05) is 12.2 Å². The monoisotopic (exact) mass is 424 g/mol. The van der Waals surface area contributed by atoms with Gasteiger partial charge in [-0.2, -0.15) is 0 Å². The molecule has 0 saturated carbocycles. The second kappa shape index (κ2) is 5.69. The summed E-state index contributed by atoms with van der Waals surface area (Å²) in [5.74, 6) is -1.13. The standard InChI is InChI=1S/C24H28N2O5/c27-20(28)9-14-5-6-22(13-23(14,30)18-3-2-8-26(18)22)16-10-15-12-24(17(16)11-21(29)31-24)19-4-1-7-25(15)19/h5,10-11,15,18-19,30H,1-4,6-9,12-13H2,(H,27,28)/t15-,18-,19-,22-,23-,24+/m1/s1. The number of rotatable bonds is 3. The maximum Gasteiger partial charge on any atom is 0.332 e. The number of carbonyl (C=O) groups excluding carboxylic acids is 1. The Labute approximate surface area is 181 Å². The van der Waals surface area contributed by atoms with Crippen LogP contribution < -0.4 is 0 Å². The van der Waals surface area contributed by atoms with Crippen molar-refractivity contribution in [2.45, 2.75) is 86.2 Å². The Hall–Kier alpha value is -1.96. The van der Waals surface area contributed by atoms with Crippen molar-refractivity contribution in [3.63, 3.8) is 0 Å². The van der Waals surface area contributed by atoms with Gasteiger partial charge in [-0.15, -0.1) is 0 Å². The fraction of sp³-hybridized carbons (Fsp3) is 0.667. The first-order valence-electron chi connectivity index (χ1n) is 11.7. The van der Waals surface area contributed by atoms with Gasteiger partial charge < -0.3 is 14.9 Å². The van der Waals surface area contributed by atoms with Gasteiger partial charge in [0.05, 0.1) is 18.0 Å². The highest BCUT2D eigenvalue weighted by atomic mass is 16.6. The van der Waals surface area contributed by atoms with Crippen molar-refractivity contribution < 1.29 is 24.5 Å². The molecule has 7 aliphatic rings. The largest absolute Gasteiger partial charge is 0.481 e. The van der Waals surface area contributed by atoms with Gasteiger partial charge >= 0.3 is 11.9 Å². The van der Waals surface area contributed by atoms with Gasteiger partial charge in [-0.25, -0.2) is 4.79 Å². The maximum absolute atomic E-state index is 12.6. The molecule has 6 atom stereocenters. The lowest BCUT2D eigenvalue weighted by Crippen LogP contribution is -2.51. The lowest BCUT2D eigenvalue weighted by atomic mass is 9.65. The molecule has 2 N–H and O–H groups in total. The number of carbonyl (C=O) groups is 2. The van der Waals surface area contributed by atoms with Gasteiger partial charge in [0.15, 0.2) is 5.60 Å². The predicted octanol–water partition coefficient (Wildman–Crippen LogP) is 1.53. The molecule has 0 unspecified atom stereocenters. The molecular formula is C24H28N2O5. The first kappa shape index (κ1) is 18.6. The van der Waals surface area contributed by atoms with E-state index in [1.807, 2.05) is 6.08 Å². The normalized spacial score (nSPS) is 47.5. The number of carboxylic acid groups (broad SMARTS) is 1. The Morgan fingerprint density at radius 2 is 2.00 bits per heavy atom. The molecule has 164 valence electrons. The van der Waals surface area contributed by atoms with E-state index in [1.165, 1.54) is 0 Å². The summed E-state index contributed by atoms with van der Waals surface area (Å²) in [5, 5.41) is 21.3. The predicted molar refractivity (Wildman–Crippen MR) is 110 cm³/mol. The number of aliphatic carboxylic acids is 1. The van der Waals surface area contributed by atoms with Crippen molar-refractivity contribution in [1.82, 2.24) is 9.80 Å². The van der Waals surface area contributed by atoms with Crippen molar-refractivity contribution in [2.24, 2.45) is 0 Å². The molecule has 0 aromatic rings. The Morgan fingerprint density at radius 3 is 2.84 bits per heavy atom. The number of hydrogen-bond donors (Lipinski definition) is 2. The van der Waals surface area contributed by atoms with Gasteiger partial charge in [-0.05, 0) is 56.3 Å². The average Bonchev–Trinajstić information content (AvgIpc) is 3.49. The van der Waals surface area contributed by atoms with Crippen molar-refractivity contribution >= 4 is 11.9 Å². The molecule has 4 saturated heterocycles. The van der Waals surface area contributed by atoms with Crippen LogP contribution in [0.5, 0.6) is 0 Å². The molecule has 4 bridgehead atoms. The molecule has 7 rings (SSSR count). The van der Waals surface area contributed by atoms with Crippen LogP contribution >= 0.6 is 0 Å². The molecule has 2 aliphatic carbocycles. The summed E-state index contributed by atoms with van der Waals surface area (Å²) < 4.78 is 6.10. The molecule has 31 heavy (non-hydrogen) atoms. The minimum atomic E-state index is -1.11. The summed E-state index contributed by atoms with van der Waals surface area (Å²) in [7, 11) is 0. The first-order valence-corrected chi connectivity index (χ1v) is 11.7. The van der Waals surface area contributed by atoms with E-state index in [2.05, 4.69) is 15.9 Å².